The fraction of sp³-hybridized carbons (Fsp3) is 0.647. The third-order valence-corrected chi connectivity index (χ3v) is 3.45. The zero-order valence-electron chi connectivity index (χ0n) is 15.8. The number of ether oxygens (including phenoxy) is 5. The van der Waals surface area contributed by atoms with E-state index in [9.17, 15) is 19.2 Å². The van der Waals surface area contributed by atoms with E-state index in [1.807, 2.05) is 0 Å². The predicted octanol–water partition coefficient (Wildman–Crippen LogP) is -0.155. The lowest BCUT2D eigenvalue weighted by Crippen LogP contribution is -2.66. The van der Waals surface area contributed by atoms with Gasteiger partial charge in [-0.3, -0.25) is 19.2 Å². The largest absolute Gasteiger partial charge is 0.463 e. The normalized spacial score (nSPS) is 27.2. The molecular formula is C17H25NO9. The fourth-order valence-corrected chi connectivity index (χ4v) is 2.60. The van der Waals surface area contributed by atoms with Crippen molar-refractivity contribution in [2.24, 2.45) is 0 Å². The summed E-state index contributed by atoms with van der Waals surface area (Å²) in [5, 5.41) is 2.59. The Kier molecular flexibility index (Phi) is 8.89. The van der Waals surface area contributed by atoms with Crippen LogP contribution in [0.1, 0.15) is 27.7 Å². The van der Waals surface area contributed by atoms with E-state index in [2.05, 4.69) is 11.9 Å². The van der Waals surface area contributed by atoms with E-state index in [-0.39, 0.29) is 13.2 Å². The van der Waals surface area contributed by atoms with Gasteiger partial charge in [0.1, 0.15) is 18.8 Å². The Morgan fingerprint density at radius 1 is 1.00 bits per heavy atom. The molecule has 0 aromatic rings. The second kappa shape index (κ2) is 10.6. The molecule has 1 amide bonds. The highest BCUT2D eigenvalue weighted by atomic mass is 16.7. The standard InChI is InChI=1S/C17H25NO9/c1-6-7-23-17-14(18-9(2)19)16(26-12(5)22)15(25-11(4)21)13(27-17)8-24-10(3)20/h6,13-17H,1,7-8H2,2-5H3,(H,18,19)/t13?,14-,15+,16+,17+/m0/s1. The summed E-state index contributed by atoms with van der Waals surface area (Å²) in [5.74, 6) is -2.34. The van der Waals surface area contributed by atoms with E-state index >= 15 is 0 Å². The Morgan fingerprint density at radius 3 is 2.07 bits per heavy atom. The van der Waals surface area contributed by atoms with Crippen LogP contribution in [0.4, 0.5) is 0 Å². The van der Waals surface area contributed by atoms with Crippen molar-refractivity contribution in [1.82, 2.24) is 5.32 Å². The molecular weight excluding hydrogens is 362 g/mol. The number of rotatable bonds is 8. The van der Waals surface area contributed by atoms with Crippen LogP contribution in [-0.4, -0.2) is 67.7 Å². The molecule has 1 N–H and O–H groups in total. The number of hydrogen-bond acceptors (Lipinski definition) is 9. The molecule has 1 fully saturated rings. The van der Waals surface area contributed by atoms with Gasteiger partial charge < -0.3 is 29.0 Å². The van der Waals surface area contributed by atoms with Crippen molar-refractivity contribution in [3.05, 3.63) is 12.7 Å². The lowest BCUT2D eigenvalue weighted by molar-refractivity contribution is -0.275. The van der Waals surface area contributed by atoms with Crippen molar-refractivity contribution in [2.45, 2.75) is 58.3 Å². The molecule has 5 atom stereocenters. The topological polar surface area (TPSA) is 126 Å². The second-order valence-corrected chi connectivity index (χ2v) is 5.84. The van der Waals surface area contributed by atoms with Gasteiger partial charge in [0, 0.05) is 27.7 Å². The number of amides is 1. The van der Waals surface area contributed by atoms with Crippen molar-refractivity contribution >= 4 is 23.8 Å². The monoisotopic (exact) mass is 387 g/mol. The maximum atomic E-state index is 11.6. The smallest absolute Gasteiger partial charge is 0.303 e. The molecule has 1 rings (SSSR count). The van der Waals surface area contributed by atoms with Crippen molar-refractivity contribution in [1.29, 1.82) is 0 Å². The van der Waals surface area contributed by atoms with Crippen LogP contribution in [0, 0.1) is 0 Å². The summed E-state index contributed by atoms with van der Waals surface area (Å²) in [5.41, 5.74) is 0. The molecule has 0 saturated carbocycles. The zero-order chi connectivity index (χ0) is 20.6. The van der Waals surface area contributed by atoms with Gasteiger partial charge in [-0.15, -0.1) is 6.58 Å². The number of esters is 3. The Morgan fingerprint density at radius 2 is 1.59 bits per heavy atom. The van der Waals surface area contributed by atoms with Crippen LogP contribution in [0.25, 0.3) is 0 Å². The van der Waals surface area contributed by atoms with Crippen LogP contribution in [-0.2, 0) is 42.9 Å². The molecule has 0 spiro atoms. The van der Waals surface area contributed by atoms with Crippen LogP contribution in [0.15, 0.2) is 12.7 Å². The molecule has 0 aromatic carbocycles. The lowest BCUT2D eigenvalue weighted by Gasteiger charge is -2.44. The highest BCUT2D eigenvalue weighted by Crippen LogP contribution is 2.27. The van der Waals surface area contributed by atoms with Crippen molar-refractivity contribution in [3.63, 3.8) is 0 Å². The quantitative estimate of drug-likeness (QED) is 0.343. The molecule has 27 heavy (non-hydrogen) atoms. The molecule has 1 aliphatic heterocycles. The van der Waals surface area contributed by atoms with Crippen LogP contribution >= 0.6 is 0 Å². The second-order valence-electron chi connectivity index (χ2n) is 5.84. The summed E-state index contributed by atoms with van der Waals surface area (Å²) in [4.78, 5) is 46.0. The number of nitrogens with one attached hydrogen (secondary N) is 1. The molecule has 0 bridgehead atoms. The van der Waals surface area contributed by atoms with Crippen LogP contribution in [0.2, 0.25) is 0 Å². The van der Waals surface area contributed by atoms with E-state index in [0.717, 1.165) is 0 Å². The summed E-state index contributed by atoms with van der Waals surface area (Å²) in [6.07, 6.45) is -2.84. The number of carbonyl (C=O) groups excluding carboxylic acids is 4. The van der Waals surface area contributed by atoms with E-state index in [0.29, 0.717) is 0 Å². The maximum absolute atomic E-state index is 11.6. The van der Waals surface area contributed by atoms with Gasteiger partial charge in [0.25, 0.3) is 0 Å². The first-order chi connectivity index (χ1) is 12.6. The summed E-state index contributed by atoms with van der Waals surface area (Å²) >= 11 is 0. The summed E-state index contributed by atoms with van der Waals surface area (Å²) in [6, 6.07) is -0.968. The molecule has 152 valence electrons. The van der Waals surface area contributed by atoms with E-state index in [1.54, 1.807) is 0 Å². The summed E-state index contributed by atoms with van der Waals surface area (Å²) in [7, 11) is 0. The Labute approximate surface area is 157 Å². The first-order valence-electron chi connectivity index (χ1n) is 8.28. The molecule has 1 aliphatic rings. The van der Waals surface area contributed by atoms with Crippen LogP contribution in [0.5, 0.6) is 0 Å². The lowest BCUT2D eigenvalue weighted by atomic mass is 9.96. The van der Waals surface area contributed by atoms with Crippen LogP contribution in [0.3, 0.4) is 0 Å². The van der Waals surface area contributed by atoms with Gasteiger partial charge in [-0.2, -0.15) is 0 Å². The molecule has 0 aliphatic carbocycles. The number of carbonyl (C=O) groups is 4. The highest BCUT2D eigenvalue weighted by molar-refractivity contribution is 5.73. The minimum Gasteiger partial charge on any atom is -0.463 e. The predicted molar refractivity (Wildman–Crippen MR) is 90.2 cm³/mol. The van der Waals surface area contributed by atoms with E-state index in [4.69, 9.17) is 23.7 Å². The zero-order valence-corrected chi connectivity index (χ0v) is 15.8. The Hall–Kier alpha value is -2.46. The van der Waals surface area contributed by atoms with Gasteiger partial charge in [0.2, 0.25) is 5.91 Å². The molecule has 0 aromatic heterocycles. The third kappa shape index (κ3) is 7.35. The molecule has 1 heterocycles. The van der Waals surface area contributed by atoms with Crippen LogP contribution < -0.4 is 5.32 Å². The average Bonchev–Trinajstić information content (AvgIpc) is 2.54. The van der Waals surface area contributed by atoms with Gasteiger partial charge >= 0.3 is 17.9 Å². The minimum absolute atomic E-state index is 0.0755. The van der Waals surface area contributed by atoms with Gasteiger partial charge in [-0.05, 0) is 0 Å². The third-order valence-electron chi connectivity index (χ3n) is 3.45. The summed E-state index contributed by atoms with van der Waals surface area (Å²) in [6.45, 7) is 8.16. The minimum atomic E-state index is -1.13. The van der Waals surface area contributed by atoms with Gasteiger partial charge in [0.15, 0.2) is 18.5 Å². The summed E-state index contributed by atoms with van der Waals surface area (Å²) < 4.78 is 26.8. The molecule has 1 unspecified atom stereocenters. The molecule has 10 heteroatoms. The SMILES string of the molecule is C=CCO[C@@H]1OC(COC(C)=O)[C@@H](OC(C)=O)[C@H](OC(C)=O)[C@@H]1NC(C)=O. The number of hydrogen-bond donors (Lipinski definition) is 1. The maximum Gasteiger partial charge on any atom is 0.303 e. The van der Waals surface area contributed by atoms with Gasteiger partial charge in [-0.1, -0.05) is 6.08 Å². The fourth-order valence-electron chi connectivity index (χ4n) is 2.60. The van der Waals surface area contributed by atoms with Crippen molar-refractivity contribution in [3.8, 4) is 0 Å². The first kappa shape index (κ1) is 22.6. The van der Waals surface area contributed by atoms with E-state index < -0.39 is 54.5 Å². The van der Waals surface area contributed by atoms with Crippen molar-refractivity contribution in [2.75, 3.05) is 13.2 Å². The van der Waals surface area contributed by atoms with Gasteiger partial charge in [-0.25, -0.2) is 0 Å². The van der Waals surface area contributed by atoms with Gasteiger partial charge in [0.05, 0.1) is 6.61 Å². The van der Waals surface area contributed by atoms with Crippen molar-refractivity contribution < 1.29 is 42.9 Å². The Balaban J connectivity index is 3.24. The van der Waals surface area contributed by atoms with E-state index in [1.165, 1.54) is 33.8 Å². The first-order valence-corrected chi connectivity index (χ1v) is 8.28. The Bertz CT molecular complexity index is 577. The highest BCUT2D eigenvalue weighted by Gasteiger charge is 2.51. The molecule has 0 radical (unpaired) electrons. The molecule has 10 nitrogen and oxygen atoms in total. The molecule has 1 saturated heterocycles. The average molecular weight is 387 g/mol.